The summed E-state index contributed by atoms with van der Waals surface area (Å²) in [6.45, 7) is 4.46. The van der Waals surface area contributed by atoms with Crippen molar-refractivity contribution in [2.24, 2.45) is 0 Å². The largest absolute Gasteiger partial charge is 0.493 e. The summed E-state index contributed by atoms with van der Waals surface area (Å²) < 4.78 is 35.5. The van der Waals surface area contributed by atoms with Crippen LogP contribution in [0.5, 0.6) is 23.0 Å². The Morgan fingerprint density at radius 2 is 1.63 bits per heavy atom. The Hall–Kier alpha value is -3.55. The minimum Gasteiger partial charge on any atom is -0.493 e. The van der Waals surface area contributed by atoms with E-state index in [-0.39, 0.29) is 0 Å². The fourth-order valence-corrected chi connectivity index (χ4v) is 3.90. The zero-order valence-electron chi connectivity index (χ0n) is 20.4. The number of ether oxygens (including phenoxy) is 6. The van der Waals surface area contributed by atoms with E-state index < -0.39 is 18.0 Å². The van der Waals surface area contributed by atoms with Crippen molar-refractivity contribution in [2.75, 3.05) is 20.8 Å². The van der Waals surface area contributed by atoms with Gasteiger partial charge in [0.2, 0.25) is 0 Å². The number of hydrogen-bond acceptors (Lipinski definition) is 7. The van der Waals surface area contributed by atoms with E-state index in [4.69, 9.17) is 28.4 Å². The molecule has 184 valence electrons. The molecule has 35 heavy (non-hydrogen) atoms. The molecule has 0 N–H and O–H groups in total. The molecule has 1 heterocycles. The van der Waals surface area contributed by atoms with Crippen molar-refractivity contribution in [3.8, 4) is 23.0 Å². The van der Waals surface area contributed by atoms with Gasteiger partial charge in [-0.25, -0.2) is 0 Å². The molecule has 4 rings (SSSR count). The van der Waals surface area contributed by atoms with Gasteiger partial charge in [-0.3, -0.25) is 4.79 Å². The predicted octanol–water partition coefficient (Wildman–Crippen LogP) is 5.37. The Morgan fingerprint density at radius 1 is 0.914 bits per heavy atom. The first-order chi connectivity index (χ1) is 16.9. The van der Waals surface area contributed by atoms with Crippen molar-refractivity contribution in [1.82, 2.24) is 0 Å². The van der Waals surface area contributed by atoms with Crippen LogP contribution in [0.15, 0.2) is 66.7 Å². The van der Waals surface area contributed by atoms with E-state index in [0.717, 1.165) is 17.4 Å². The van der Waals surface area contributed by atoms with Crippen molar-refractivity contribution in [2.45, 2.75) is 38.4 Å². The second-order valence-corrected chi connectivity index (χ2v) is 8.62. The summed E-state index contributed by atoms with van der Waals surface area (Å²) in [6, 6.07) is 20.7. The summed E-state index contributed by atoms with van der Waals surface area (Å²) in [5, 5.41) is 0. The third-order valence-electron chi connectivity index (χ3n) is 5.70. The second kappa shape index (κ2) is 10.8. The lowest BCUT2D eigenvalue weighted by Gasteiger charge is -2.41. The Balaban J connectivity index is 1.58. The van der Waals surface area contributed by atoms with E-state index in [1.807, 2.05) is 62.4 Å². The molecule has 0 bridgehead atoms. The van der Waals surface area contributed by atoms with Crippen molar-refractivity contribution < 1.29 is 33.2 Å². The van der Waals surface area contributed by atoms with Crippen LogP contribution in [0.1, 0.15) is 41.4 Å². The number of rotatable bonds is 9. The Bertz CT molecular complexity index is 1140. The minimum absolute atomic E-state index is 0.296. The third kappa shape index (κ3) is 5.93. The maximum absolute atomic E-state index is 11.1. The number of aldehydes is 1. The number of carbonyl (C=O) groups excluding carboxylic acids is 1. The van der Waals surface area contributed by atoms with Crippen LogP contribution < -0.4 is 18.9 Å². The normalized spacial score (nSPS) is 19.0. The molecule has 3 aromatic carbocycles. The van der Waals surface area contributed by atoms with Crippen molar-refractivity contribution in [3.63, 3.8) is 0 Å². The molecule has 0 spiro atoms. The highest BCUT2D eigenvalue weighted by atomic mass is 16.7. The lowest BCUT2D eigenvalue weighted by Crippen LogP contribution is -2.46. The zero-order valence-corrected chi connectivity index (χ0v) is 20.4. The number of benzene rings is 3. The van der Waals surface area contributed by atoms with Gasteiger partial charge in [0.1, 0.15) is 19.0 Å². The van der Waals surface area contributed by atoms with E-state index in [1.165, 1.54) is 7.11 Å². The van der Waals surface area contributed by atoms with E-state index >= 15 is 0 Å². The van der Waals surface area contributed by atoms with Crippen LogP contribution in [-0.2, 0) is 16.1 Å². The Kier molecular flexibility index (Phi) is 7.58. The van der Waals surface area contributed by atoms with Gasteiger partial charge >= 0.3 is 0 Å². The van der Waals surface area contributed by atoms with Gasteiger partial charge < -0.3 is 28.4 Å². The van der Waals surface area contributed by atoms with E-state index in [2.05, 4.69) is 0 Å². The zero-order chi connectivity index (χ0) is 24.8. The molecular weight excluding hydrogens is 448 g/mol. The average molecular weight is 479 g/mol. The summed E-state index contributed by atoms with van der Waals surface area (Å²) in [5.74, 6) is 1.38. The van der Waals surface area contributed by atoms with Gasteiger partial charge in [-0.05, 0) is 55.3 Å². The fraction of sp³-hybridized carbons (Fsp3) is 0.321. The van der Waals surface area contributed by atoms with Crippen LogP contribution in [0.4, 0.5) is 0 Å². The van der Waals surface area contributed by atoms with Crippen molar-refractivity contribution in [3.05, 3.63) is 83.4 Å². The molecule has 0 aromatic heterocycles. The van der Waals surface area contributed by atoms with Gasteiger partial charge in [0, 0.05) is 5.56 Å². The summed E-state index contributed by atoms with van der Waals surface area (Å²) >= 11 is 0. The predicted molar refractivity (Wildman–Crippen MR) is 130 cm³/mol. The molecule has 0 unspecified atom stereocenters. The minimum atomic E-state index is -0.800. The van der Waals surface area contributed by atoms with Crippen LogP contribution in [0, 0.1) is 0 Å². The van der Waals surface area contributed by atoms with E-state index in [0.29, 0.717) is 41.8 Å². The molecule has 1 aliphatic heterocycles. The lowest BCUT2D eigenvalue weighted by atomic mass is 10.0. The van der Waals surface area contributed by atoms with E-state index in [9.17, 15) is 4.79 Å². The van der Waals surface area contributed by atoms with Gasteiger partial charge in [0.15, 0.2) is 34.9 Å². The van der Waals surface area contributed by atoms with Crippen LogP contribution in [0.2, 0.25) is 0 Å². The van der Waals surface area contributed by atoms with E-state index in [1.54, 1.807) is 25.3 Å². The summed E-state index contributed by atoms with van der Waals surface area (Å²) in [5.41, 5.74) is 2.42. The smallest absolute Gasteiger partial charge is 0.163 e. The van der Waals surface area contributed by atoms with Crippen LogP contribution in [0.25, 0.3) is 0 Å². The highest BCUT2D eigenvalue weighted by Gasteiger charge is 2.39. The maximum Gasteiger partial charge on any atom is 0.163 e. The molecule has 0 saturated carbocycles. The fourth-order valence-electron chi connectivity index (χ4n) is 3.90. The number of hydrogen-bond donors (Lipinski definition) is 0. The first-order valence-corrected chi connectivity index (χ1v) is 11.4. The average Bonchev–Trinajstić information content (AvgIpc) is 2.89. The molecule has 1 saturated heterocycles. The van der Waals surface area contributed by atoms with Crippen molar-refractivity contribution in [1.29, 1.82) is 0 Å². The summed E-state index contributed by atoms with van der Waals surface area (Å²) in [4.78, 5) is 11.1. The van der Waals surface area contributed by atoms with Gasteiger partial charge in [0.05, 0.1) is 20.8 Å². The first-order valence-electron chi connectivity index (χ1n) is 11.4. The highest BCUT2D eigenvalue weighted by molar-refractivity contribution is 5.76. The van der Waals surface area contributed by atoms with Crippen LogP contribution in [-0.4, -0.2) is 39.0 Å². The molecule has 7 nitrogen and oxygen atoms in total. The number of carbonyl (C=O) groups is 1. The number of methoxy groups -OCH3 is 2. The second-order valence-electron chi connectivity index (χ2n) is 8.62. The topological polar surface area (TPSA) is 72.5 Å². The standard InChI is InChI=1S/C28H30O7/c1-28(2)33-18-26(34-23-12-10-20(16-29)14-24(23)30-3)27(35-28)21-11-13-22(25(15-21)31-4)32-17-19-8-6-5-7-9-19/h5-16,26-27H,17-18H2,1-4H3/t26-,27+/m1/s1. The summed E-state index contributed by atoms with van der Waals surface area (Å²) in [7, 11) is 3.14. The third-order valence-corrected chi connectivity index (χ3v) is 5.70. The monoisotopic (exact) mass is 478 g/mol. The highest BCUT2D eigenvalue weighted by Crippen LogP contribution is 2.40. The molecule has 0 amide bonds. The Labute approximate surface area is 205 Å². The molecule has 3 aromatic rings. The SMILES string of the molecule is COc1cc([C@@H]2OC(C)(C)OC[C@H]2Oc2ccc(C=O)cc2OC)ccc1OCc1ccccc1. The van der Waals surface area contributed by atoms with Gasteiger partial charge in [-0.1, -0.05) is 36.4 Å². The van der Waals surface area contributed by atoms with Gasteiger partial charge in [-0.15, -0.1) is 0 Å². The van der Waals surface area contributed by atoms with Crippen molar-refractivity contribution >= 4 is 6.29 Å². The van der Waals surface area contributed by atoms with Gasteiger partial charge in [-0.2, -0.15) is 0 Å². The Morgan fingerprint density at radius 3 is 2.34 bits per heavy atom. The summed E-state index contributed by atoms with van der Waals surface area (Å²) in [6.07, 6.45) is -0.163. The van der Waals surface area contributed by atoms with Crippen LogP contribution >= 0.6 is 0 Å². The first kappa shape index (κ1) is 24.6. The molecule has 1 fully saturated rings. The quantitative estimate of drug-likeness (QED) is 0.383. The molecule has 0 aliphatic carbocycles. The van der Waals surface area contributed by atoms with Crippen LogP contribution in [0.3, 0.4) is 0 Å². The molecule has 7 heteroatoms. The molecular formula is C28H30O7. The molecule has 1 aliphatic rings. The lowest BCUT2D eigenvalue weighted by molar-refractivity contribution is -0.302. The maximum atomic E-state index is 11.1. The molecule has 2 atom stereocenters. The molecule has 0 radical (unpaired) electrons. The van der Waals surface area contributed by atoms with Gasteiger partial charge in [0.25, 0.3) is 0 Å².